The van der Waals surface area contributed by atoms with E-state index >= 15 is 0 Å². The highest BCUT2D eigenvalue weighted by Gasteiger charge is 2.27. The van der Waals surface area contributed by atoms with Crippen LogP contribution >= 0.6 is 0 Å². The third kappa shape index (κ3) is 2.36. The first-order chi connectivity index (χ1) is 11.7. The van der Waals surface area contributed by atoms with Crippen LogP contribution in [0.4, 0.5) is 4.79 Å². The molecular formula is C17H20N6O. The van der Waals surface area contributed by atoms with Crippen molar-refractivity contribution in [2.24, 2.45) is 0 Å². The van der Waals surface area contributed by atoms with E-state index in [1.165, 1.54) is 0 Å². The molecule has 3 aromatic rings. The summed E-state index contributed by atoms with van der Waals surface area (Å²) in [7, 11) is 1.68. The maximum atomic E-state index is 12.0. The standard InChI is InChI=1S/C17H20N6O/c1-10-21-13-8-20-16-12(5-6-19-16)14(13)15(22-10)11-4-3-7-23(9-11)17(24)18-2/h5-6,8,11H,3-4,7,9H2,1-2H3,(H,18,24)(H,21,22). The minimum atomic E-state index is -0.0171. The maximum Gasteiger partial charge on any atom is 0.317 e. The molecule has 0 aliphatic carbocycles. The Hall–Kier alpha value is -2.70. The van der Waals surface area contributed by atoms with E-state index in [1.807, 2.05) is 17.9 Å². The number of urea groups is 1. The van der Waals surface area contributed by atoms with Gasteiger partial charge in [0.2, 0.25) is 0 Å². The van der Waals surface area contributed by atoms with E-state index in [1.54, 1.807) is 19.4 Å². The van der Waals surface area contributed by atoms with Gasteiger partial charge in [-0.05, 0) is 25.8 Å². The van der Waals surface area contributed by atoms with Gasteiger partial charge in [0.15, 0.2) is 5.65 Å². The van der Waals surface area contributed by atoms with Gasteiger partial charge >= 0.3 is 6.03 Å². The second-order valence-electron chi connectivity index (χ2n) is 6.28. The number of aryl methyl sites for hydroxylation is 1. The van der Waals surface area contributed by atoms with Crippen molar-refractivity contribution in [1.29, 1.82) is 0 Å². The molecule has 2 amide bonds. The first-order valence-electron chi connectivity index (χ1n) is 8.24. The van der Waals surface area contributed by atoms with Crippen LogP contribution in [0.3, 0.4) is 0 Å². The molecule has 1 unspecified atom stereocenters. The van der Waals surface area contributed by atoms with Crippen LogP contribution in [0.2, 0.25) is 0 Å². The number of carbonyl (C=O) groups is 1. The maximum absolute atomic E-state index is 12.0. The summed E-state index contributed by atoms with van der Waals surface area (Å²) in [5.74, 6) is 1.11. The van der Waals surface area contributed by atoms with Crippen LogP contribution in [-0.4, -0.2) is 51.0 Å². The van der Waals surface area contributed by atoms with Gasteiger partial charge in [0.25, 0.3) is 0 Å². The van der Waals surface area contributed by atoms with Gasteiger partial charge in [-0.2, -0.15) is 0 Å². The van der Waals surface area contributed by atoms with Gasteiger partial charge in [-0.25, -0.2) is 19.7 Å². The summed E-state index contributed by atoms with van der Waals surface area (Å²) in [6.07, 6.45) is 5.59. The zero-order chi connectivity index (χ0) is 16.7. The fraction of sp³-hybridized carbons (Fsp3) is 0.412. The van der Waals surface area contributed by atoms with Gasteiger partial charge in [0.05, 0.1) is 11.7 Å². The molecular weight excluding hydrogens is 304 g/mol. The van der Waals surface area contributed by atoms with Crippen LogP contribution in [0.15, 0.2) is 18.5 Å². The van der Waals surface area contributed by atoms with Crippen molar-refractivity contribution >= 4 is 28.0 Å². The SMILES string of the molecule is CNC(=O)N1CCCC(c2[nH]c(C)nc3cnc4nccc4c23)C1. The summed E-state index contributed by atoms with van der Waals surface area (Å²) < 4.78 is 0. The Morgan fingerprint density at radius 1 is 1.42 bits per heavy atom. The predicted molar refractivity (Wildman–Crippen MR) is 91.9 cm³/mol. The van der Waals surface area contributed by atoms with E-state index in [-0.39, 0.29) is 11.9 Å². The number of fused-ring (bicyclic) bond motifs is 3. The fourth-order valence-electron chi connectivity index (χ4n) is 3.64. The number of piperidine rings is 1. The average molecular weight is 324 g/mol. The monoisotopic (exact) mass is 324 g/mol. The van der Waals surface area contributed by atoms with Crippen molar-refractivity contribution in [2.45, 2.75) is 25.7 Å². The third-order valence-corrected chi connectivity index (χ3v) is 4.72. The lowest BCUT2D eigenvalue weighted by atomic mass is 9.91. The number of carbonyl (C=O) groups excluding carboxylic acids is 1. The van der Waals surface area contributed by atoms with Gasteiger partial charge in [0.1, 0.15) is 5.82 Å². The highest BCUT2D eigenvalue weighted by molar-refractivity contribution is 6.04. The Balaban J connectivity index is 1.86. The molecule has 2 N–H and O–H groups in total. The van der Waals surface area contributed by atoms with Crippen molar-refractivity contribution in [2.75, 3.05) is 20.1 Å². The summed E-state index contributed by atoms with van der Waals surface area (Å²) in [4.78, 5) is 30.6. The topological polar surface area (TPSA) is 86.8 Å². The van der Waals surface area contributed by atoms with E-state index in [4.69, 9.17) is 0 Å². The molecule has 1 saturated heterocycles. The van der Waals surface area contributed by atoms with Gasteiger partial charge in [-0.3, -0.25) is 0 Å². The first kappa shape index (κ1) is 14.9. The Morgan fingerprint density at radius 2 is 2.29 bits per heavy atom. The van der Waals surface area contributed by atoms with Gasteiger partial charge in [-0.1, -0.05) is 0 Å². The third-order valence-electron chi connectivity index (χ3n) is 4.72. The number of likely N-dealkylation sites (tertiary alicyclic amines) is 1. The zero-order valence-corrected chi connectivity index (χ0v) is 13.8. The highest BCUT2D eigenvalue weighted by atomic mass is 16.2. The molecule has 0 spiro atoms. The number of nitrogens with zero attached hydrogens (tertiary/aromatic N) is 4. The molecule has 4 rings (SSSR count). The van der Waals surface area contributed by atoms with E-state index < -0.39 is 0 Å². The molecule has 24 heavy (non-hydrogen) atoms. The molecule has 1 aliphatic rings. The molecule has 3 aromatic heterocycles. The molecule has 7 nitrogen and oxygen atoms in total. The lowest BCUT2D eigenvalue weighted by molar-refractivity contribution is 0.181. The molecule has 0 saturated carbocycles. The van der Waals surface area contributed by atoms with Crippen LogP contribution in [0.1, 0.15) is 30.3 Å². The van der Waals surface area contributed by atoms with Crippen LogP contribution in [0.5, 0.6) is 0 Å². The molecule has 4 heterocycles. The number of rotatable bonds is 1. The summed E-state index contributed by atoms with van der Waals surface area (Å²) in [5, 5.41) is 4.82. The molecule has 1 atom stereocenters. The molecule has 0 bridgehead atoms. The largest absolute Gasteiger partial charge is 0.346 e. The molecule has 124 valence electrons. The second-order valence-corrected chi connectivity index (χ2v) is 6.28. The first-order valence-corrected chi connectivity index (χ1v) is 8.24. The van der Waals surface area contributed by atoms with E-state index in [0.29, 0.717) is 6.54 Å². The lowest BCUT2D eigenvalue weighted by Crippen LogP contribution is -2.43. The molecule has 7 heteroatoms. The lowest BCUT2D eigenvalue weighted by Gasteiger charge is -2.33. The van der Waals surface area contributed by atoms with Crippen molar-refractivity contribution in [3.05, 3.63) is 30.0 Å². The van der Waals surface area contributed by atoms with Crippen molar-refractivity contribution in [3.8, 4) is 0 Å². The van der Waals surface area contributed by atoms with Gasteiger partial charge in [-0.15, -0.1) is 0 Å². The minimum Gasteiger partial charge on any atom is -0.346 e. The fourth-order valence-corrected chi connectivity index (χ4v) is 3.64. The molecule has 0 aromatic carbocycles. The van der Waals surface area contributed by atoms with Crippen LogP contribution in [0, 0.1) is 6.92 Å². The van der Waals surface area contributed by atoms with Gasteiger partial charge in [0, 0.05) is 48.7 Å². The molecule has 1 fully saturated rings. The normalized spacial score (nSPS) is 18.2. The Morgan fingerprint density at radius 3 is 3.12 bits per heavy atom. The number of hydrogen-bond acceptors (Lipinski definition) is 4. The van der Waals surface area contributed by atoms with Crippen LogP contribution in [0.25, 0.3) is 21.9 Å². The number of H-pyrrole nitrogens is 1. The predicted octanol–water partition coefficient (Wildman–Crippen LogP) is 2.33. The quantitative estimate of drug-likeness (QED) is 0.719. The summed E-state index contributed by atoms with van der Waals surface area (Å²) in [5.41, 5.74) is 2.74. The summed E-state index contributed by atoms with van der Waals surface area (Å²) >= 11 is 0. The highest BCUT2D eigenvalue weighted by Crippen LogP contribution is 2.33. The molecule has 1 aliphatic heterocycles. The Bertz CT molecular complexity index is 918. The van der Waals surface area contributed by atoms with Crippen molar-refractivity contribution in [1.82, 2.24) is 30.2 Å². The van der Waals surface area contributed by atoms with E-state index in [0.717, 1.165) is 52.8 Å². The number of pyridine rings is 1. The average Bonchev–Trinajstić information content (AvgIpc) is 3.09. The number of hydrogen-bond donors (Lipinski definition) is 2. The minimum absolute atomic E-state index is 0.0171. The number of amides is 2. The number of aromatic amines is 1. The second kappa shape index (κ2) is 5.74. The van der Waals surface area contributed by atoms with Crippen LogP contribution < -0.4 is 5.32 Å². The van der Waals surface area contributed by atoms with Crippen LogP contribution in [-0.2, 0) is 0 Å². The number of nitrogens with one attached hydrogen (secondary N) is 2. The van der Waals surface area contributed by atoms with Gasteiger partial charge < -0.3 is 15.2 Å². The van der Waals surface area contributed by atoms with Crippen molar-refractivity contribution in [3.63, 3.8) is 0 Å². The Labute approximate surface area is 139 Å². The summed E-state index contributed by atoms with van der Waals surface area (Å²) in [6, 6.07) is 1.97. The molecule has 0 radical (unpaired) electrons. The smallest absolute Gasteiger partial charge is 0.317 e. The number of aromatic nitrogens is 4. The van der Waals surface area contributed by atoms with E-state index in [9.17, 15) is 4.79 Å². The summed E-state index contributed by atoms with van der Waals surface area (Å²) in [6.45, 7) is 3.45. The Kier molecular flexibility index (Phi) is 3.55. The van der Waals surface area contributed by atoms with E-state index in [2.05, 4.69) is 25.3 Å². The van der Waals surface area contributed by atoms with Crippen molar-refractivity contribution < 1.29 is 4.79 Å². The zero-order valence-electron chi connectivity index (χ0n) is 13.8.